The van der Waals surface area contributed by atoms with Gasteiger partial charge in [-0.2, -0.15) is 0 Å². The topological polar surface area (TPSA) is 38.9 Å². The first-order valence-electron chi connectivity index (χ1n) is 8.31. The van der Waals surface area contributed by atoms with Gasteiger partial charge in [-0.1, -0.05) is 52.0 Å². The summed E-state index contributed by atoms with van der Waals surface area (Å²) in [5.41, 5.74) is 2.94. The van der Waals surface area contributed by atoms with E-state index in [1.165, 1.54) is 4.70 Å². The van der Waals surface area contributed by atoms with Crippen molar-refractivity contribution in [2.24, 2.45) is 0 Å². The Morgan fingerprint density at radius 3 is 2.12 bits per heavy atom. The summed E-state index contributed by atoms with van der Waals surface area (Å²) in [6.45, 7) is 10.2. The first-order chi connectivity index (χ1) is 11.6. The minimum atomic E-state index is 0.359. The maximum Gasteiger partial charge on any atom is 0.198 e. The van der Waals surface area contributed by atoms with Gasteiger partial charge in [-0.15, -0.1) is 11.3 Å². The summed E-state index contributed by atoms with van der Waals surface area (Å²) < 4.78 is 6.80. The van der Waals surface area contributed by atoms with Gasteiger partial charge in [0.15, 0.2) is 11.5 Å². The molecule has 0 unspecified atom stereocenters. The van der Waals surface area contributed by atoms with Crippen LogP contribution in [0.4, 0.5) is 0 Å². The van der Waals surface area contributed by atoms with Gasteiger partial charge in [0.25, 0.3) is 0 Å². The van der Waals surface area contributed by atoms with E-state index >= 15 is 0 Å². The largest absolute Gasteiger partial charge is 0.440 e. The Hall–Kier alpha value is -2.20. The molecule has 4 aromatic rings. The molecule has 0 saturated carbocycles. The predicted molar refractivity (Wildman–Crippen MR) is 104 cm³/mol. The molecule has 0 aliphatic rings. The maximum atomic E-state index is 5.52. The fourth-order valence-corrected chi connectivity index (χ4v) is 2.95. The number of benzene rings is 2. The molecule has 4 rings (SSSR count). The van der Waals surface area contributed by atoms with E-state index in [9.17, 15) is 0 Å². The average Bonchev–Trinajstić information content (AvgIpc) is 3.19. The smallest absolute Gasteiger partial charge is 0.198 e. The molecule has 0 bridgehead atoms. The van der Waals surface area contributed by atoms with Gasteiger partial charge in [0.1, 0.15) is 5.52 Å². The van der Waals surface area contributed by atoms with Gasteiger partial charge in [0.05, 0.1) is 15.2 Å². The molecular weight excluding hydrogens is 316 g/mol. The lowest BCUT2D eigenvalue weighted by Gasteiger charge is -1.93. The van der Waals surface area contributed by atoms with Gasteiger partial charge in [0.2, 0.25) is 0 Å². The number of aromatic nitrogens is 2. The van der Waals surface area contributed by atoms with E-state index < -0.39 is 0 Å². The monoisotopic (exact) mass is 340 g/mol. The zero-order valence-electron chi connectivity index (χ0n) is 14.9. The standard InChI is InChI=1S/C10H11NO.C8H7NS.C2H6/c1-7(2)10-11-8-5-3-4-6-9(8)12-10;1-6-9-7-4-2-3-5-8(7)10-6;1-2/h3-7H,1-2H3;2-5H,1H3;1-2H3. The van der Waals surface area contributed by atoms with E-state index in [1.807, 2.05) is 63.2 Å². The Labute approximate surface area is 147 Å². The van der Waals surface area contributed by atoms with Gasteiger partial charge >= 0.3 is 0 Å². The highest BCUT2D eigenvalue weighted by Crippen LogP contribution is 2.20. The van der Waals surface area contributed by atoms with E-state index in [0.717, 1.165) is 27.5 Å². The molecule has 0 fully saturated rings. The molecule has 2 heterocycles. The quantitative estimate of drug-likeness (QED) is 0.393. The molecule has 0 amide bonds. The number of oxazole rings is 1. The van der Waals surface area contributed by atoms with Crippen molar-refractivity contribution in [3.63, 3.8) is 0 Å². The van der Waals surface area contributed by atoms with Crippen LogP contribution in [0.25, 0.3) is 21.3 Å². The highest BCUT2D eigenvalue weighted by atomic mass is 32.1. The molecule has 24 heavy (non-hydrogen) atoms. The van der Waals surface area contributed by atoms with Crippen molar-refractivity contribution in [1.29, 1.82) is 0 Å². The van der Waals surface area contributed by atoms with Crippen LogP contribution in [-0.4, -0.2) is 9.97 Å². The van der Waals surface area contributed by atoms with E-state index in [0.29, 0.717) is 5.92 Å². The van der Waals surface area contributed by atoms with Crippen molar-refractivity contribution in [3.8, 4) is 0 Å². The number of fused-ring (bicyclic) bond motifs is 2. The lowest BCUT2D eigenvalue weighted by Crippen LogP contribution is -1.84. The van der Waals surface area contributed by atoms with Crippen molar-refractivity contribution in [3.05, 3.63) is 59.4 Å². The van der Waals surface area contributed by atoms with Gasteiger partial charge in [-0.05, 0) is 31.2 Å². The Morgan fingerprint density at radius 2 is 1.50 bits per heavy atom. The van der Waals surface area contributed by atoms with E-state index in [4.69, 9.17) is 4.42 Å². The van der Waals surface area contributed by atoms with Crippen LogP contribution in [0.2, 0.25) is 0 Å². The lowest BCUT2D eigenvalue weighted by molar-refractivity contribution is 0.501. The highest BCUT2D eigenvalue weighted by molar-refractivity contribution is 7.18. The van der Waals surface area contributed by atoms with Crippen molar-refractivity contribution in [2.75, 3.05) is 0 Å². The summed E-state index contributed by atoms with van der Waals surface area (Å²) >= 11 is 1.74. The van der Waals surface area contributed by atoms with E-state index in [-0.39, 0.29) is 0 Å². The molecule has 126 valence electrons. The molecular formula is C20H24N2OS. The van der Waals surface area contributed by atoms with E-state index in [2.05, 4.69) is 29.9 Å². The Kier molecular flexibility index (Phi) is 6.50. The Balaban J connectivity index is 0.000000160. The fourth-order valence-electron chi connectivity index (χ4n) is 2.12. The number of thiazole rings is 1. The first kappa shape index (κ1) is 18.1. The minimum Gasteiger partial charge on any atom is -0.440 e. The average molecular weight is 340 g/mol. The van der Waals surface area contributed by atoms with Crippen LogP contribution in [-0.2, 0) is 0 Å². The maximum absolute atomic E-state index is 5.52. The number of hydrogen-bond donors (Lipinski definition) is 0. The third kappa shape index (κ3) is 4.42. The molecule has 0 aliphatic heterocycles. The van der Waals surface area contributed by atoms with Crippen LogP contribution in [0.5, 0.6) is 0 Å². The van der Waals surface area contributed by atoms with E-state index in [1.54, 1.807) is 11.3 Å². The minimum absolute atomic E-state index is 0.359. The first-order valence-corrected chi connectivity index (χ1v) is 9.13. The van der Waals surface area contributed by atoms with Crippen molar-refractivity contribution >= 4 is 32.7 Å². The van der Waals surface area contributed by atoms with Crippen LogP contribution in [0.1, 0.15) is 44.5 Å². The Morgan fingerprint density at radius 1 is 0.875 bits per heavy atom. The van der Waals surface area contributed by atoms with Crippen LogP contribution in [0.15, 0.2) is 52.9 Å². The SMILES string of the molecule is CC.CC(C)c1nc2ccccc2o1.Cc1nc2ccccc2s1. The number of rotatable bonds is 1. The van der Waals surface area contributed by atoms with Crippen LogP contribution in [0, 0.1) is 6.92 Å². The summed E-state index contributed by atoms with van der Waals surface area (Å²) in [4.78, 5) is 8.68. The fraction of sp³-hybridized carbons (Fsp3) is 0.300. The highest BCUT2D eigenvalue weighted by Gasteiger charge is 2.07. The molecule has 3 nitrogen and oxygen atoms in total. The molecule has 0 spiro atoms. The molecule has 0 aliphatic carbocycles. The molecule has 0 atom stereocenters. The lowest BCUT2D eigenvalue weighted by atomic mass is 10.2. The predicted octanol–water partition coefficient (Wildman–Crippen LogP) is 6.58. The van der Waals surface area contributed by atoms with Crippen LogP contribution >= 0.6 is 11.3 Å². The Bertz CT molecular complexity index is 827. The third-order valence-electron chi connectivity index (χ3n) is 3.21. The van der Waals surface area contributed by atoms with Crippen molar-refractivity contribution in [1.82, 2.24) is 9.97 Å². The normalized spacial score (nSPS) is 10.2. The van der Waals surface area contributed by atoms with Crippen molar-refractivity contribution in [2.45, 2.75) is 40.5 Å². The zero-order valence-corrected chi connectivity index (χ0v) is 15.7. The second kappa shape index (κ2) is 8.60. The molecule has 2 aromatic carbocycles. The second-order valence-corrected chi connectivity index (χ2v) is 6.61. The molecule has 4 heteroatoms. The van der Waals surface area contributed by atoms with Gasteiger partial charge in [-0.25, -0.2) is 9.97 Å². The van der Waals surface area contributed by atoms with Crippen LogP contribution < -0.4 is 0 Å². The number of aryl methyl sites for hydroxylation is 1. The summed E-state index contributed by atoms with van der Waals surface area (Å²) in [5, 5.41) is 1.14. The zero-order chi connectivity index (χ0) is 17.5. The molecule has 2 aromatic heterocycles. The summed E-state index contributed by atoms with van der Waals surface area (Å²) in [7, 11) is 0. The summed E-state index contributed by atoms with van der Waals surface area (Å²) in [6.07, 6.45) is 0. The molecule has 0 saturated heterocycles. The molecule has 0 radical (unpaired) electrons. The van der Waals surface area contributed by atoms with Gasteiger partial charge in [-0.3, -0.25) is 0 Å². The van der Waals surface area contributed by atoms with Crippen molar-refractivity contribution < 1.29 is 4.42 Å². The molecule has 0 N–H and O–H groups in total. The number of hydrogen-bond acceptors (Lipinski definition) is 4. The second-order valence-electron chi connectivity index (χ2n) is 5.38. The number of para-hydroxylation sites is 3. The number of nitrogens with zero attached hydrogens (tertiary/aromatic N) is 2. The summed E-state index contributed by atoms with van der Waals surface area (Å²) in [5.74, 6) is 1.17. The third-order valence-corrected chi connectivity index (χ3v) is 4.16. The summed E-state index contributed by atoms with van der Waals surface area (Å²) in [6, 6.07) is 16.0. The van der Waals surface area contributed by atoms with Crippen LogP contribution in [0.3, 0.4) is 0 Å². The van der Waals surface area contributed by atoms with Gasteiger partial charge < -0.3 is 4.42 Å². The van der Waals surface area contributed by atoms with Gasteiger partial charge in [0, 0.05) is 5.92 Å².